The molecule has 1 atom stereocenters. The Hall–Kier alpha value is -13.7. The Labute approximate surface area is 725 Å². The zero-order valence-corrected chi connectivity index (χ0v) is 73.1. The second kappa shape index (κ2) is 37.6. The summed E-state index contributed by atoms with van der Waals surface area (Å²) >= 11 is 0. The van der Waals surface area contributed by atoms with E-state index < -0.39 is 72.2 Å². The summed E-state index contributed by atoms with van der Waals surface area (Å²) in [7, 11) is -13.4. The SMILES string of the molecule is CC(C)S(=O)(=O)c1ccc(-c2cnc3[nH]cc(C(=O)Nc4cccc(O)c4)c3n2)cc1.CC(C)S(=O)(=O)c1ccc(-c2cnc3[nH]cc(C(=O)Nc4ccccc4O)c3n2)cc1.CC1CCCN(C(=O)c2c[nH]c3ncc(-c4ccc(S(=O)(=O)C(C)C)cc4)nc23)C1.CCCc1ccc(NC(=O)c2c[nH]c3ncc(-c4ccc(S(=O)(=O)C(C)C)cc4)nc23)cc1.[HH].[HH]. The van der Waals surface area contributed by atoms with E-state index in [1.54, 1.807) is 220 Å². The third-order valence-electron chi connectivity index (χ3n) is 20.8. The first kappa shape index (κ1) is 89.1. The van der Waals surface area contributed by atoms with Gasteiger partial charge in [0.05, 0.1) is 116 Å². The van der Waals surface area contributed by atoms with Gasteiger partial charge in [0.15, 0.2) is 61.9 Å². The van der Waals surface area contributed by atoms with Crippen molar-refractivity contribution in [2.45, 2.75) is 136 Å². The molecule has 30 nitrogen and oxygen atoms in total. The summed E-state index contributed by atoms with van der Waals surface area (Å²) in [6, 6.07) is 46.5. The standard InChI is InChI=1S/C25H26N4O3S.2C22H20N4O4S.C22H26N4O3S.2H2/c1-4-5-17-6-10-19(11-7-17)28-25(30)21-14-26-24-23(21)29-22(15-27-24)18-8-12-20(13-9-18)33(31,32)16(2)3;1-13(2)31(29,30)17-8-6-14(7-9-17)19-12-24-21-20(26-19)18(11-23-21)22(28)25-15-4-3-5-16(27)10-15;1-13(2)31(29,30)15-9-7-14(8-10-15)18-12-24-21-20(25-18)16(11-23-21)22(28)26-17-5-3-4-6-19(17)27;1-14(2)30(28,29)17-8-6-16(7-9-17)19-12-24-21-20(25-19)18(11-23-21)22(27)26-10-4-5-15(3)13-26;;/h6-16H,4-5H2,1-3H3,(H,26,27)(H,28,30);3-13,27H,1-2H3,(H,23,24)(H,25,28);3-13,27H,1-2H3,(H,23,24)(H,26,28);6-9,11-12,14-15H,4-5,10,13H2,1-3H3,(H,23,24);2*1H. The van der Waals surface area contributed by atoms with Crippen molar-refractivity contribution in [2.24, 2.45) is 5.92 Å². The first-order valence-electron chi connectivity index (χ1n) is 40.2. The zero-order chi connectivity index (χ0) is 89.4. The minimum Gasteiger partial charge on any atom is -0.508 e. The maximum atomic E-state index is 13.1. The Balaban J connectivity index is 0.000000163. The highest BCUT2D eigenvalue weighted by atomic mass is 32.2. The van der Waals surface area contributed by atoms with E-state index in [-0.39, 0.29) is 57.0 Å². The van der Waals surface area contributed by atoms with Crippen LogP contribution in [0.1, 0.15) is 138 Å². The summed E-state index contributed by atoms with van der Waals surface area (Å²) in [6.07, 6.45) is 16.8. The summed E-state index contributed by atoms with van der Waals surface area (Å²) in [6.45, 7) is 19.0. The molecule has 34 heteroatoms. The number of aryl methyl sites for hydroxylation is 1. The van der Waals surface area contributed by atoms with Gasteiger partial charge in [0.2, 0.25) is 0 Å². The number of amides is 4. The van der Waals surface area contributed by atoms with Crippen molar-refractivity contribution in [2.75, 3.05) is 29.0 Å². The second-order valence-electron chi connectivity index (χ2n) is 31.0. The summed E-state index contributed by atoms with van der Waals surface area (Å²) in [5, 5.41) is 25.7. The van der Waals surface area contributed by atoms with Gasteiger partial charge in [-0.25, -0.2) is 73.5 Å². The molecule has 0 spiro atoms. The van der Waals surface area contributed by atoms with Gasteiger partial charge in [-0.05, 0) is 171 Å². The second-order valence-corrected chi connectivity index (χ2v) is 41.0. The van der Waals surface area contributed by atoms with Crippen LogP contribution in [0.3, 0.4) is 0 Å². The Morgan fingerprint density at radius 3 is 1.12 bits per heavy atom. The molecule has 4 amide bonds. The van der Waals surface area contributed by atoms with E-state index in [4.69, 9.17) is 0 Å². The average molecular weight is 1770 g/mol. The number of para-hydroxylation sites is 2. The molecule has 648 valence electrons. The zero-order valence-electron chi connectivity index (χ0n) is 69.9. The number of piperidine rings is 1. The monoisotopic (exact) mass is 1760 g/mol. The number of nitrogens with zero attached hydrogens (tertiary/aromatic N) is 9. The molecule has 1 saturated heterocycles. The van der Waals surface area contributed by atoms with E-state index in [1.165, 1.54) is 36.2 Å². The molecule has 9 heterocycles. The molecule has 1 fully saturated rings. The number of fused-ring (bicyclic) bond motifs is 4. The number of H-pyrrole nitrogens is 4. The van der Waals surface area contributed by atoms with Crippen LogP contribution < -0.4 is 16.0 Å². The summed E-state index contributed by atoms with van der Waals surface area (Å²) in [4.78, 5) is 102. The van der Waals surface area contributed by atoms with E-state index in [0.717, 1.165) is 44.3 Å². The van der Waals surface area contributed by atoms with Gasteiger partial charge in [0.1, 0.15) is 33.6 Å². The summed E-state index contributed by atoms with van der Waals surface area (Å²) < 4.78 is 98.7. The number of hydrogen-bond donors (Lipinski definition) is 9. The molecule has 16 rings (SSSR count). The summed E-state index contributed by atoms with van der Waals surface area (Å²) in [5.41, 5.74) is 12.8. The number of benzene rings is 7. The van der Waals surface area contributed by atoms with E-state index in [0.29, 0.717) is 118 Å². The number of aromatic nitrogens is 12. The van der Waals surface area contributed by atoms with Gasteiger partial charge >= 0.3 is 0 Å². The molecule has 1 aliphatic rings. The Kier molecular flexibility index (Phi) is 26.8. The molecule has 0 saturated carbocycles. The molecule has 9 N–H and O–H groups in total. The van der Waals surface area contributed by atoms with Crippen molar-refractivity contribution >= 4 is 125 Å². The fourth-order valence-corrected chi connectivity index (χ4v) is 17.7. The lowest BCUT2D eigenvalue weighted by Gasteiger charge is -2.30. The van der Waals surface area contributed by atoms with Crippen LogP contribution in [0.5, 0.6) is 11.5 Å². The normalized spacial score (nSPS) is 13.1. The molecule has 1 unspecified atom stereocenters. The number of sulfone groups is 4. The number of anilines is 3. The first-order chi connectivity index (χ1) is 59.6. The van der Waals surface area contributed by atoms with Crippen LogP contribution >= 0.6 is 0 Å². The lowest BCUT2D eigenvalue weighted by atomic mass is 10.00. The fraction of sp³-hybridized carbons (Fsp3) is 0.231. The predicted molar refractivity (Wildman–Crippen MR) is 486 cm³/mol. The van der Waals surface area contributed by atoms with Gasteiger partial charge < -0.3 is 51.0 Å². The van der Waals surface area contributed by atoms with Crippen LogP contribution in [0.2, 0.25) is 0 Å². The molecule has 0 radical (unpaired) electrons. The van der Waals surface area contributed by atoms with Crippen LogP contribution in [0.4, 0.5) is 17.1 Å². The molecular formula is C91H96N16O14S4. The number of aromatic amines is 4. The number of rotatable bonds is 21. The minimum atomic E-state index is -3.37. The maximum Gasteiger partial charge on any atom is 0.259 e. The predicted octanol–water partition coefficient (Wildman–Crippen LogP) is 16.7. The lowest BCUT2D eigenvalue weighted by Crippen LogP contribution is -2.39. The third-order valence-corrected chi connectivity index (χ3v) is 29.5. The summed E-state index contributed by atoms with van der Waals surface area (Å²) in [5.74, 6) is -0.665. The number of phenols is 2. The quantitative estimate of drug-likeness (QED) is 0.0302. The molecular weight excluding hydrogens is 1670 g/mol. The van der Waals surface area contributed by atoms with Gasteiger partial charge in [0, 0.05) is 80.4 Å². The van der Waals surface area contributed by atoms with E-state index in [1.807, 2.05) is 29.2 Å². The van der Waals surface area contributed by atoms with Crippen molar-refractivity contribution in [3.05, 3.63) is 247 Å². The maximum absolute atomic E-state index is 13.1. The molecule has 8 aromatic heterocycles. The highest BCUT2D eigenvalue weighted by Gasteiger charge is 2.29. The Morgan fingerprint density at radius 2 is 0.776 bits per heavy atom. The average Bonchev–Trinajstić information content (AvgIpc) is 1.64. The minimum absolute atomic E-state index is 0. The van der Waals surface area contributed by atoms with Crippen molar-refractivity contribution < 1.29 is 65.9 Å². The van der Waals surface area contributed by atoms with Crippen molar-refractivity contribution in [3.63, 3.8) is 0 Å². The number of hydrogen-bond acceptors (Lipinski definition) is 22. The van der Waals surface area contributed by atoms with Crippen molar-refractivity contribution in [1.82, 2.24) is 64.7 Å². The van der Waals surface area contributed by atoms with Gasteiger partial charge in [0.25, 0.3) is 23.6 Å². The third kappa shape index (κ3) is 20.0. The Morgan fingerprint density at radius 1 is 0.432 bits per heavy atom. The molecule has 0 bridgehead atoms. The smallest absolute Gasteiger partial charge is 0.259 e. The number of carbonyl (C=O) groups is 4. The Bertz CT molecular complexity index is 7020. The van der Waals surface area contributed by atoms with Crippen molar-refractivity contribution in [3.8, 4) is 56.5 Å². The van der Waals surface area contributed by atoms with Crippen LogP contribution in [-0.2, 0) is 45.8 Å². The van der Waals surface area contributed by atoms with Gasteiger partial charge in [-0.2, -0.15) is 0 Å². The number of likely N-dealkylation sites (tertiary alicyclic amines) is 1. The number of phenolic OH excluding ortho intramolecular Hbond substituents is 2. The first-order valence-corrected chi connectivity index (χ1v) is 46.4. The van der Waals surface area contributed by atoms with E-state index in [2.05, 4.69) is 89.6 Å². The van der Waals surface area contributed by atoms with Gasteiger partial charge in [-0.15, -0.1) is 0 Å². The van der Waals surface area contributed by atoms with Crippen molar-refractivity contribution in [1.29, 1.82) is 0 Å². The highest BCUT2D eigenvalue weighted by Crippen LogP contribution is 2.33. The highest BCUT2D eigenvalue weighted by molar-refractivity contribution is 7.92. The van der Waals surface area contributed by atoms with Gasteiger partial charge in [-0.3, -0.25) is 19.2 Å². The van der Waals surface area contributed by atoms with Gasteiger partial charge in [-0.1, -0.05) is 99.1 Å². The molecule has 1 aliphatic heterocycles. The molecule has 7 aromatic carbocycles. The van der Waals surface area contributed by atoms with Crippen LogP contribution in [0.15, 0.2) is 239 Å². The fourth-order valence-electron chi connectivity index (χ4n) is 13.5. The topological polar surface area (TPSA) is 451 Å². The number of carbonyl (C=O) groups excluding carboxylic acids is 4. The molecule has 125 heavy (non-hydrogen) atoms. The van der Waals surface area contributed by atoms with E-state index in [9.17, 15) is 63.1 Å². The van der Waals surface area contributed by atoms with E-state index >= 15 is 0 Å². The molecule has 15 aromatic rings. The van der Waals surface area contributed by atoms with Crippen LogP contribution in [0, 0.1) is 5.92 Å². The van der Waals surface area contributed by atoms with Crippen LogP contribution in [0.25, 0.3) is 89.7 Å². The largest absolute Gasteiger partial charge is 0.508 e. The molecule has 0 aliphatic carbocycles. The lowest BCUT2D eigenvalue weighted by molar-refractivity contribution is 0.0684. The number of aromatic hydroxyl groups is 2. The van der Waals surface area contributed by atoms with Crippen LogP contribution in [-0.4, -0.2) is 166 Å². The number of nitrogens with one attached hydrogen (secondary N) is 7.